The van der Waals surface area contributed by atoms with Gasteiger partial charge in [0.2, 0.25) is 0 Å². The summed E-state index contributed by atoms with van der Waals surface area (Å²) in [6.07, 6.45) is 10.7. The van der Waals surface area contributed by atoms with Crippen LogP contribution in [-0.4, -0.2) is 35.9 Å². The summed E-state index contributed by atoms with van der Waals surface area (Å²) in [7, 11) is -4.67. The highest BCUT2D eigenvalue weighted by Crippen LogP contribution is 2.09. The van der Waals surface area contributed by atoms with Crippen LogP contribution in [0.4, 0.5) is 5.69 Å². The van der Waals surface area contributed by atoms with Gasteiger partial charge in [0.1, 0.15) is 0 Å². The summed E-state index contributed by atoms with van der Waals surface area (Å²) in [6.45, 7) is 0. The minimum Gasteiger partial charge on any atom is -0.279 e. The van der Waals surface area contributed by atoms with Crippen LogP contribution in [0.3, 0.4) is 0 Å². The normalized spacial score (nSPS) is 11.6. The van der Waals surface area contributed by atoms with E-state index < -0.39 is 10.4 Å². The smallest absolute Gasteiger partial charge is 0.279 e. The minimum atomic E-state index is -4.67. The second kappa shape index (κ2) is 14.7. The third-order valence-electron chi connectivity index (χ3n) is 4.00. The van der Waals surface area contributed by atoms with E-state index in [0.717, 1.165) is 16.8 Å². The first-order chi connectivity index (χ1) is 16.8. The Kier molecular flexibility index (Phi) is 11.3. The number of amides is 1. The molecule has 0 spiro atoms. The lowest BCUT2D eigenvalue weighted by Crippen LogP contribution is -2.17. The first-order valence-corrected chi connectivity index (χ1v) is 11.6. The molecule has 180 valence electrons. The Morgan fingerprint density at radius 1 is 0.714 bits per heavy atom. The fourth-order valence-corrected chi connectivity index (χ4v) is 2.49. The van der Waals surface area contributed by atoms with Gasteiger partial charge >= 0.3 is 10.4 Å². The van der Waals surface area contributed by atoms with Crippen molar-refractivity contribution >= 4 is 46.6 Å². The van der Waals surface area contributed by atoms with E-state index in [1.54, 1.807) is 42.8 Å². The van der Waals surface area contributed by atoms with Crippen molar-refractivity contribution in [1.29, 1.82) is 0 Å². The summed E-state index contributed by atoms with van der Waals surface area (Å²) < 4.78 is 31.6. The van der Waals surface area contributed by atoms with Gasteiger partial charge in [0.05, 0.1) is 5.69 Å². The van der Waals surface area contributed by atoms with Crippen molar-refractivity contribution in [3.05, 3.63) is 114 Å². The Labute approximate surface area is 203 Å². The van der Waals surface area contributed by atoms with Gasteiger partial charge in [-0.15, -0.1) is 0 Å². The fourth-order valence-electron chi connectivity index (χ4n) is 2.49. The number of allylic oxidation sites excluding steroid dienone is 2. The van der Waals surface area contributed by atoms with Crippen LogP contribution in [0, 0.1) is 0 Å². The van der Waals surface area contributed by atoms with Crippen molar-refractivity contribution in [3.8, 4) is 0 Å². The molecule has 0 saturated heterocycles. The number of hydrogen-bond acceptors (Lipinski definition) is 6. The van der Waals surface area contributed by atoms with Crippen molar-refractivity contribution in [2.24, 2.45) is 10.2 Å². The van der Waals surface area contributed by atoms with Gasteiger partial charge in [0.25, 0.3) is 5.91 Å². The van der Waals surface area contributed by atoms with Gasteiger partial charge in [0, 0.05) is 18.0 Å². The molecule has 0 aliphatic rings. The van der Waals surface area contributed by atoms with Gasteiger partial charge in [0.15, 0.2) is 0 Å². The monoisotopic (exact) mass is 492 g/mol. The zero-order valence-electron chi connectivity index (χ0n) is 18.5. The summed E-state index contributed by atoms with van der Waals surface area (Å²) in [5, 5.41) is 8.05. The molecule has 0 aromatic heterocycles. The molecule has 0 saturated carbocycles. The van der Waals surface area contributed by atoms with Crippen LogP contribution in [0.15, 0.2) is 107 Å². The van der Waals surface area contributed by atoms with Crippen LogP contribution < -0.4 is 10.9 Å². The molecule has 35 heavy (non-hydrogen) atoms. The highest BCUT2D eigenvalue weighted by atomic mass is 32.3. The third kappa shape index (κ3) is 13.0. The van der Waals surface area contributed by atoms with E-state index >= 15 is 0 Å². The number of nitrogens with one attached hydrogen (secondary N) is 2. The maximum atomic E-state index is 12.1. The van der Waals surface area contributed by atoms with E-state index in [-0.39, 0.29) is 5.91 Å². The van der Waals surface area contributed by atoms with E-state index in [1.807, 2.05) is 78.9 Å². The largest absolute Gasteiger partial charge is 0.394 e. The Morgan fingerprint density at radius 2 is 1.17 bits per heavy atom. The Morgan fingerprint density at radius 3 is 1.66 bits per heavy atom. The minimum absolute atomic E-state index is 0.278. The summed E-state index contributed by atoms with van der Waals surface area (Å²) in [5.74, 6) is -0.278. The van der Waals surface area contributed by atoms with Crippen molar-refractivity contribution in [2.75, 3.05) is 5.43 Å². The van der Waals surface area contributed by atoms with Crippen molar-refractivity contribution < 1.29 is 22.3 Å². The quantitative estimate of drug-likeness (QED) is 0.206. The first-order valence-electron chi connectivity index (χ1n) is 10.2. The molecule has 10 heteroatoms. The fraction of sp³-hybridized carbons (Fsp3) is 0. The van der Waals surface area contributed by atoms with Crippen LogP contribution in [0.5, 0.6) is 0 Å². The molecule has 3 aromatic rings. The molecule has 4 N–H and O–H groups in total. The van der Waals surface area contributed by atoms with Gasteiger partial charge in [-0.25, -0.2) is 5.43 Å². The molecule has 3 rings (SSSR count). The molecule has 0 unspecified atom stereocenters. The number of hydrazone groups is 2. The van der Waals surface area contributed by atoms with Gasteiger partial charge in [-0.1, -0.05) is 72.8 Å². The summed E-state index contributed by atoms with van der Waals surface area (Å²) in [4.78, 5) is 12.1. The maximum absolute atomic E-state index is 12.1. The van der Waals surface area contributed by atoms with Crippen LogP contribution in [-0.2, 0) is 10.4 Å². The average Bonchev–Trinajstić information content (AvgIpc) is 2.84. The predicted molar refractivity (Wildman–Crippen MR) is 140 cm³/mol. The Bertz CT molecular complexity index is 1260. The number of nitrogens with zero attached hydrogens (tertiary/aromatic N) is 2. The number of benzene rings is 3. The van der Waals surface area contributed by atoms with Crippen LogP contribution >= 0.6 is 0 Å². The highest BCUT2D eigenvalue weighted by molar-refractivity contribution is 7.79. The lowest BCUT2D eigenvalue weighted by atomic mass is 10.2. The second-order valence-electron chi connectivity index (χ2n) is 6.67. The molecule has 0 bridgehead atoms. The second-order valence-corrected chi connectivity index (χ2v) is 7.57. The van der Waals surface area contributed by atoms with Crippen LogP contribution in [0.2, 0.25) is 0 Å². The van der Waals surface area contributed by atoms with Crippen LogP contribution in [0.25, 0.3) is 12.2 Å². The Hall–Kier alpha value is -4.38. The predicted octanol–water partition coefficient (Wildman–Crippen LogP) is 4.57. The van der Waals surface area contributed by atoms with Gasteiger partial charge < -0.3 is 0 Å². The molecular weight excluding hydrogens is 468 g/mol. The average molecular weight is 493 g/mol. The molecule has 0 aliphatic carbocycles. The first kappa shape index (κ1) is 26.9. The summed E-state index contributed by atoms with van der Waals surface area (Å²) >= 11 is 0. The topological polar surface area (TPSA) is 140 Å². The summed E-state index contributed by atoms with van der Waals surface area (Å²) in [5.41, 5.74) is 8.89. The standard InChI is InChI=1S/C25H22N4O.H2O4S/c30-25(29-27-20-8-14-22-11-5-2-6-12-22)23-15-17-24(18-16-23)28-26-19-7-13-21-9-3-1-4-10-21;1-5(2,3)4/h1-20,28H,(H,29,30);(H2,1,2,3,4). The third-order valence-corrected chi connectivity index (χ3v) is 4.00. The number of carbonyl (C=O) groups excluding carboxylic acids is 1. The van der Waals surface area contributed by atoms with Gasteiger partial charge in [-0.3, -0.25) is 19.3 Å². The molecule has 0 atom stereocenters. The Balaban J connectivity index is 0.000000784. The molecule has 9 nitrogen and oxygen atoms in total. The summed E-state index contributed by atoms with van der Waals surface area (Å²) in [6, 6.07) is 26.8. The molecular formula is C25H24N4O5S. The van der Waals surface area contributed by atoms with Gasteiger partial charge in [-0.2, -0.15) is 18.6 Å². The van der Waals surface area contributed by atoms with Gasteiger partial charge in [-0.05, 0) is 47.5 Å². The number of anilines is 1. The zero-order chi connectivity index (χ0) is 25.4. The number of rotatable bonds is 8. The lowest BCUT2D eigenvalue weighted by Gasteiger charge is -2.02. The maximum Gasteiger partial charge on any atom is 0.394 e. The van der Waals surface area contributed by atoms with Crippen molar-refractivity contribution in [3.63, 3.8) is 0 Å². The zero-order valence-corrected chi connectivity index (χ0v) is 19.3. The molecule has 0 fully saturated rings. The molecule has 0 heterocycles. The molecule has 0 radical (unpaired) electrons. The van der Waals surface area contributed by atoms with E-state index in [4.69, 9.17) is 17.5 Å². The highest BCUT2D eigenvalue weighted by Gasteiger charge is 2.03. The SMILES string of the molecule is O=C(NN=CC=Cc1ccccc1)c1ccc(NN=CC=Cc2ccccc2)cc1.O=S(=O)(O)O. The van der Waals surface area contributed by atoms with E-state index in [0.29, 0.717) is 5.56 Å². The van der Waals surface area contributed by atoms with E-state index in [9.17, 15) is 4.79 Å². The van der Waals surface area contributed by atoms with Crippen molar-refractivity contribution in [2.45, 2.75) is 0 Å². The van der Waals surface area contributed by atoms with E-state index in [1.165, 1.54) is 0 Å². The molecule has 3 aromatic carbocycles. The van der Waals surface area contributed by atoms with Crippen molar-refractivity contribution in [1.82, 2.24) is 5.43 Å². The van der Waals surface area contributed by atoms with E-state index in [2.05, 4.69) is 21.1 Å². The lowest BCUT2D eigenvalue weighted by molar-refractivity contribution is 0.0955. The number of carbonyl (C=O) groups is 1. The molecule has 0 aliphatic heterocycles. The number of hydrogen-bond donors (Lipinski definition) is 4. The molecule has 1 amide bonds. The van der Waals surface area contributed by atoms with Crippen LogP contribution in [0.1, 0.15) is 21.5 Å².